The van der Waals surface area contributed by atoms with E-state index in [1.165, 1.54) is 6.33 Å². The Morgan fingerprint density at radius 1 is 1.33 bits per heavy atom. The van der Waals surface area contributed by atoms with Gasteiger partial charge in [0.2, 0.25) is 0 Å². The molecule has 0 amide bonds. The molecular weight excluding hydrogens is 192 g/mol. The van der Waals surface area contributed by atoms with Crippen LogP contribution in [-0.4, -0.2) is 29.1 Å². The summed E-state index contributed by atoms with van der Waals surface area (Å²) in [5.74, 6) is 6.87. The van der Waals surface area contributed by atoms with Gasteiger partial charge in [-0.2, -0.15) is 0 Å². The van der Waals surface area contributed by atoms with Crippen molar-refractivity contribution in [2.24, 2.45) is 5.84 Å². The Hall–Kier alpha value is -1.40. The van der Waals surface area contributed by atoms with E-state index in [0.29, 0.717) is 5.82 Å². The third kappa shape index (κ3) is 3.03. The predicted molar refractivity (Wildman–Crippen MR) is 61.1 cm³/mol. The van der Waals surface area contributed by atoms with E-state index in [0.717, 1.165) is 24.2 Å². The second-order valence-electron chi connectivity index (χ2n) is 3.45. The first-order valence-electron chi connectivity index (χ1n) is 4.93. The van der Waals surface area contributed by atoms with Crippen LogP contribution in [0, 0.1) is 0 Å². The third-order valence-electron chi connectivity index (χ3n) is 1.91. The normalized spacial score (nSPS) is 10.5. The fourth-order valence-electron chi connectivity index (χ4n) is 1.33. The summed E-state index contributed by atoms with van der Waals surface area (Å²) in [6.45, 7) is 2.10. The van der Waals surface area contributed by atoms with Crippen LogP contribution in [0.4, 0.5) is 11.6 Å². The molecule has 1 aromatic rings. The maximum absolute atomic E-state index is 5.40. The fraction of sp³-hybridized carbons (Fsp3) is 0.556. The highest BCUT2D eigenvalue weighted by molar-refractivity contribution is 5.56. The summed E-state index contributed by atoms with van der Waals surface area (Å²) in [6, 6.07) is 0. The van der Waals surface area contributed by atoms with E-state index in [4.69, 9.17) is 5.84 Å². The van der Waals surface area contributed by atoms with E-state index < -0.39 is 0 Å². The maximum Gasteiger partial charge on any atom is 0.149 e. The van der Waals surface area contributed by atoms with Crippen LogP contribution in [0.15, 0.2) is 6.33 Å². The molecule has 1 heterocycles. The number of hydrazine groups is 2. The van der Waals surface area contributed by atoms with Crippen LogP contribution >= 0.6 is 0 Å². The van der Waals surface area contributed by atoms with E-state index in [2.05, 4.69) is 27.7 Å². The Morgan fingerprint density at radius 2 is 2.00 bits per heavy atom. The molecule has 0 fully saturated rings. The van der Waals surface area contributed by atoms with Crippen molar-refractivity contribution in [2.45, 2.75) is 19.8 Å². The molecular formula is C9H18N6. The second kappa shape index (κ2) is 5.47. The smallest absolute Gasteiger partial charge is 0.149 e. The van der Waals surface area contributed by atoms with Crippen molar-refractivity contribution < 1.29 is 0 Å². The standard InChI is InChI=1S/C9H18N6/c1-4-5-7-8(13-10)11-6-12-9(7)14-15(2)3/h6H,4-5,10H2,1-3H3,(H2,11,12,13,14). The largest absolute Gasteiger partial charge is 0.308 e. The molecule has 4 N–H and O–H groups in total. The topological polar surface area (TPSA) is 79.1 Å². The molecule has 84 valence electrons. The van der Waals surface area contributed by atoms with E-state index in [9.17, 15) is 0 Å². The summed E-state index contributed by atoms with van der Waals surface area (Å²) in [5.41, 5.74) is 6.71. The Bertz CT molecular complexity index is 311. The van der Waals surface area contributed by atoms with Crippen molar-refractivity contribution >= 4 is 11.6 Å². The molecule has 6 nitrogen and oxygen atoms in total. The van der Waals surface area contributed by atoms with Gasteiger partial charge in [-0.05, 0) is 6.42 Å². The minimum Gasteiger partial charge on any atom is -0.308 e. The molecule has 0 aliphatic rings. The number of rotatable bonds is 5. The highest BCUT2D eigenvalue weighted by Gasteiger charge is 2.09. The first kappa shape index (κ1) is 11.7. The van der Waals surface area contributed by atoms with Crippen molar-refractivity contribution in [2.75, 3.05) is 24.9 Å². The van der Waals surface area contributed by atoms with Gasteiger partial charge in [-0.25, -0.2) is 20.8 Å². The lowest BCUT2D eigenvalue weighted by Crippen LogP contribution is -2.23. The van der Waals surface area contributed by atoms with Crippen molar-refractivity contribution in [3.05, 3.63) is 11.9 Å². The molecule has 0 radical (unpaired) electrons. The minimum absolute atomic E-state index is 0.677. The molecule has 0 saturated heterocycles. The molecule has 0 bridgehead atoms. The van der Waals surface area contributed by atoms with Gasteiger partial charge in [-0.3, -0.25) is 0 Å². The summed E-state index contributed by atoms with van der Waals surface area (Å²) in [4.78, 5) is 8.26. The summed E-state index contributed by atoms with van der Waals surface area (Å²) >= 11 is 0. The van der Waals surface area contributed by atoms with Crippen LogP contribution in [0.5, 0.6) is 0 Å². The van der Waals surface area contributed by atoms with Gasteiger partial charge in [0.15, 0.2) is 0 Å². The average molecular weight is 210 g/mol. The maximum atomic E-state index is 5.40. The van der Waals surface area contributed by atoms with Gasteiger partial charge in [0.05, 0.1) is 0 Å². The zero-order chi connectivity index (χ0) is 11.3. The molecule has 0 unspecified atom stereocenters. The van der Waals surface area contributed by atoms with E-state index in [-0.39, 0.29) is 0 Å². The van der Waals surface area contributed by atoms with E-state index >= 15 is 0 Å². The molecule has 15 heavy (non-hydrogen) atoms. The molecule has 6 heteroatoms. The highest BCUT2D eigenvalue weighted by Crippen LogP contribution is 2.20. The van der Waals surface area contributed by atoms with Crippen molar-refractivity contribution in [1.82, 2.24) is 15.0 Å². The van der Waals surface area contributed by atoms with Gasteiger partial charge in [-0.15, -0.1) is 0 Å². The van der Waals surface area contributed by atoms with Crippen molar-refractivity contribution in [1.29, 1.82) is 0 Å². The number of nitrogen functional groups attached to an aromatic ring is 1. The molecule has 0 aliphatic heterocycles. The predicted octanol–water partition coefficient (Wildman–Crippen LogP) is 0.603. The van der Waals surface area contributed by atoms with Crippen molar-refractivity contribution in [3.8, 4) is 0 Å². The number of nitrogens with two attached hydrogens (primary N) is 1. The van der Waals surface area contributed by atoms with Gasteiger partial charge >= 0.3 is 0 Å². The zero-order valence-corrected chi connectivity index (χ0v) is 9.41. The van der Waals surface area contributed by atoms with Crippen LogP contribution in [-0.2, 0) is 6.42 Å². The van der Waals surface area contributed by atoms with Gasteiger partial charge in [0, 0.05) is 19.7 Å². The average Bonchev–Trinajstić information content (AvgIpc) is 2.20. The van der Waals surface area contributed by atoms with Crippen molar-refractivity contribution in [3.63, 3.8) is 0 Å². The lowest BCUT2D eigenvalue weighted by molar-refractivity contribution is 0.491. The van der Waals surface area contributed by atoms with Crippen LogP contribution in [0.1, 0.15) is 18.9 Å². The Balaban J connectivity index is 3.01. The van der Waals surface area contributed by atoms with Crippen LogP contribution in [0.25, 0.3) is 0 Å². The lowest BCUT2D eigenvalue weighted by Gasteiger charge is -2.17. The van der Waals surface area contributed by atoms with Crippen LogP contribution in [0.2, 0.25) is 0 Å². The Morgan fingerprint density at radius 3 is 2.53 bits per heavy atom. The summed E-state index contributed by atoms with van der Waals surface area (Å²) in [6.07, 6.45) is 3.39. The molecule has 1 aromatic heterocycles. The quantitative estimate of drug-likeness (QED) is 0.488. The van der Waals surface area contributed by atoms with Gasteiger partial charge in [-0.1, -0.05) is 13.3 Å². The first-order valence-corrected chi connectivity index (χ1v) is 4.93. The Labute approximate surface area is 89.8 Å². The van der Waals surface area contributed by atoms with E-state index in [1.807, 2.05) is 19.1 Å². The van der Waals surface area contributed by atoms with Crippen LogP contribution < -0.4 is 16.7 Å². The number of hydrogen-bond acceptors (Lipinski definition) is 6. The van der Waals surface area contributed by atoms with Crippen LogP contribution in [0.3, 0.4) is 0 Å². The van der Waals surface area contributed by atoms with Gasteiger partial charge in [0.1, 0.15) is 18.0 Å². The molecule has 0 aromatic carbocycles. The minimum atomic E-state index is 0.677. The SMILES string of the molecule is CCCc1c(NN)ncnc1NN(C)C. The van der Waals surface area contributed by atoms with Gasteiger partial charge in [0.25, 0.3) is 0 Å². The molecule has 0 atom stereocenters. The first-order chi connectivity index (χ1) is 7.19. The molecule has 0 spiro atoms. The molecule has 0 aliphatic carbocycles. The number of hydrogen-bond donors (Lipinski definition) is 3. The third-order valence-corrected chi connectivity index (χ3v) is 1.91. The number of nitrogens with one attached hydrogen (secondary N) is 2. The van der Waals surface area contributed by atoms with Gasteiger partial charge < -0.3 is 10.9 Å². The number of anilines is 2. The highest BCUT2D eigenvalue weighted by atomic mass is 15.5. The molecule has 0 saturated carbocycles. The Kier molecular flexibility index (Phi) is 4.26. The summed E-state index contributed by atoms with van der Waals surface area (Å²) < 4.78 is 0. The fourth-order valence-corrected chi connectivity index (χ4v) is 1.33. The number of nitrogens with zero attached hydrogens (tertiary/aromatic N) is 3. The zero-order valence-electron chi connectivity index (χ0n) is 9.41. The number of aromatic nitrogens is 2. The monoisotopic (exact) mass is 210 g/mol. The molecule has 1 rings (SSSR count). The summed E-state index contributed by atoms with van der Waals surface area (Å²) in [7, 11) is 3.82. The van der Waals surface area contributed by atoms with E-state index in [1.54, 1.807) is 0 Å². The second-order valence-corrected chi connectivity index (χ2v) is 3.45. The lowest BCUT2D eigenvalue weighted by atomic mass is 10.1. The summed E-state index contributed by atoms with van der Waals surface area (Å²) in [5, 5.41) is 1.84.